The van der Waals surface area contributed by atoms with Crippen molar-refractivity contribution < 1.29 is 4.79 Å². The highest BCUT2D eigenvalue weighted by molar-refractivity contribution is 7.99. The van der Waals surface area contributed by atoms with Gasteiger partial charge in [0.05, 0.1) is 0 Å². The van der Waals surface area contributed by atoms with Crippen LogP contribution in [-0.2, 0) is 4.79 Å². The van der Waals surface area contributed by atoms with Gasteiger partial charge < -0.3 is 10.6 Å². The van der Waals surface area contributed by atoms with E-state index in [1.54, 1.807) is 0 Å². The Hall–Kier alpha value is 0.0700. The highest BCUT2D eigenvalue weighted by Gasteiger charge is 2.34. The lowest BCUT2D eigenvalue weighted by Gasteiger charge is -2.42. The molecule has 0 aromatic rings. The Bertz CT molecular complexity index is 274. The Labute approximate surface area is 128 Å². The summed E-state index contributed by atoms with van der Waals surface area (Å²) in [4.78, 5) is 14.1. The van der Waals surface area contributed by atoms with E-state index in [2.05, 4.69) is 20.8 Å². The highest BCUT2D eigenvalue weighted by atomic mass is 35.5. The van der Waals surface area contributed by atoms with Crippen LogP contribution in [0.1, 0.15) is 46.5 Å². The lowest BCUT2D eigenvalue weighted by Crippen LogP contribution is -2.54. The second-order valence-corrected chi connectivity index (χ2v) is 7.14. The van der Waals surface area contributed by atoms with Crippen LogP contribution >= 0.6 is 24.2 Å². The van der Waals surface area contributed by atoms with Crippen molar-refractivity contribution in [2.45, 2.75) is 52.5 Å². The highest BCUT2D eigenvalue weighted by Crippen LogP contribution is 2.28. The molecule has 114 valence electrons. The molecule has 5 heteroatoms. The van der Waals surface area contributed by atoms with Crippen molar-refractivity contribution in [2.24, 2.45) is 11.1 Å². The summed E-state index contributed by atoms with van der Waals surface area (Å²) in [6, 6.07) is 0.223. The quantitative estimate of drug-likeness (QED) is 0.767. The molecule has 1 atom stereocenters. The summed E-state index contributed by atoms with van der Waals surface area (Å²) in [6.07, 6.45) is 4.10. The molecular formula is C14H29ClN2OS. The van der Waals surface area contributed by atoms with Crippen molar-refractivity contribution in [2.75, 3.05) is 24.6 Å². The minimum absolute atomic E-state index is 0. The van der Waals surface area contributed by atoms with Crippen LogP contribution in [0.3, 0.4) is 0 Å². The first-order valence-electron chi connectivity index (χ1n) is 7.08. The first-order valence-corrected chi connectivity index (χ1v) is 8.24. The zero-order chi connectivity index (χ0) is 13.6. The molecule has 0 saturated carbocycles. The predicted molar refractivity (Wildman–Crippen MR) is 87.1 cm³/mol. The van der Waals surface area contributed by atoms with Gasteiger partial charge in [0.15, 0.2) is 0 Å². The number of hydrogen-bond acceptors (Lipinski definition) is 3. The number of unbranched alkanes of at least 4 members (excludes halogenated alkanes) is 1. The van der Waals surface area contributed by atoms with Crippen molar-refractivity contribution in [3.8, 4) is 0 Å². The van der Waals surface area contributed by atoms with Gasteiger partial charge in [-0.05, 0) is 24.0 Å². The van der Waals surface area contributed by atoms with Gasteiger partial charge in [0, 0.05) is 31.3 Å². The zero-order valence-electron chi connectivity index (χ0n) is 12.5. The third kappa shape index (κ3) is 6.37. The molecule has 0 bridgehead atoms. The Kier molecular flexibility index (Phi) is 9.12. The van der Waals surface area contributed by atoms with Gasteiger partial charge in [0.25, 0.3) is 0 Å². The SMILES string of the molecule is CCCCSCCC(=O)N1CCC(N)C(C)(C)C1.Cl. The molecule has 1 fully saturated rings. The number of carbonyl (C=O) groups is 1. The van der Waals surface area contributed by atoms with E-state index < -0.39 is 0 Å². The van der Waals surface area contributed by atoms with Crippen LogP contribution in [-0.4, -0.2) is 41.4 Å². The van der Waals surface area contributed by atoms with Gasteiger partial charge in [-0.3, -0.25) is 4.79 Å². The van der Waals surface area contributed by atoms with Gasteiger partial charge >= 0.3 is 0 Å². The molecule has 0 aliphatic carbocycles. The monoisotopic (exact) mass is 308 g/mol. The van der Waals surface area contributed by atoms with Crippen molar-refractivity contribution in [3.63, 3.8) is 0 Å². The van der Waals surface area contributed by atoms with Crippen LogP contribution < -0.4 is 5.73 Å². The van der Waals surface area contributed by atoms with E-state index >= 15 is 0 Å². The van der Waals surface area contributed by atoms with Crippen LogP contribution in [0.25, 0.3) is 0 Å². The second kappa shape index (κ2) is 9.09. The molecule has 1 saturated heterocycles. The van der Waals surface area contributed by atoms with Crippen LogP contribution in [0.2, 0.25) is 0 Å². The number of hydrogen-bond donors (Lipinski definition) is 1. The molecule has 0 radical (unpaired) electrons. The van der Waals surface area contributed by atoms with Gasteiger partial charge in [-0.15, -0.1) is 12.4 Å². The molecule has 2 N–H and O–H groups in total. The molecule has 1 aliphatic heterocycles. The van der Waals surface area contributed by atoms with Gasteiger partial charge in [0.1, 0.15) is 0 Å². The molecule has 1 unspecified atom stereocenters. The first kappa shape index (κ1) is 19.1. The number of piperidine rings is 1. The predicted octanol–water partition coefficient (Wildman–Crippen LogP) is 2.92. The van der Waals surface area contributed by atoms with E-state index in [1.165, 1.54) is 18.6 Å². The van der Waals surface area contributed by atoms with E-state index in [0.29, 0.717) is 12.3 Å². The van der Waals surface area contributed by atoms with Crippen molar-refractivity contribution in [3.05, 3.63) is 0 Å². The molecule has 3 nitrogen and oxygen atoms in total. The molecule has 1 aliphatic rings. The fourth-order valence-corrected chi connectivity index (χ4v) is 3.27. The summed E-state index contributed by atoms with van der Waals surface area (Å²) in [5, 5.41) is 0. The van der Waals surface area contributed by atoms with E-state index in [-0.39, 0.29) is 23.9 Å². The zero-order valence-corrected chi connectivity index (χ0v) is 14.1. The van der Waals surface area contributed by atoms with E-state index in [9.17, 15) is 4.79 Å². The number of likely N-dealkylation sites (tertiary alicyclic amines) is 1. The lowest BCUT2D eigenvalue weighted by atomic mass is 9.79. The van der Waals surface area contributed by atoms with Crippen LogP contribution in [0.15, 0.2) is 0 Å². The number of thioether (sulfide) groups is 1. The smallest absolute Gasteiger partial charge is 0.223 e. The maximum absolute atomic E-state index is 12.1. The maximum atomic E-state index is 12.1. The van der Waals surface area contributed by atoms with Gasteiger partial charge in [-0.2, -0.15) is 11.8 Å². The van der Waals surface area contributed by atoms with Crippen LogP contribution in [0.5, 0.6) is 0 Å². The summed E-state index contributed by atoms with van der Waals surface area (Å²) in [5.74, 6) is 2.45. The van der Waals surface area contributed by atoms with E-state index in [4.69, 9.17) is 5.73 Å². The fraction of sp³-hybridized carbons (Fsp3) is 0.929. The molecular weight excluding hydrogens is 280 g/mol. The number of halogens is 1. The number of carbonyl (C=O) groups excluding carboxylic acids is 1. The minimum Gasteiger partial charge on any atom is -0.342 e. The standard InChI is InChI=1S/C14H28N2OS.ClH/c1-4-5-9-18-10-7-13(17)16-8-6-12(15)14(2,3)11-16;/h12H,4-11,15H2,1-3H3;1H. The summed E-state index contributed by atoms with van der Waals surface area (Å²) < 4.78 is 0. The van der Waals surface area contributed by atoms with Gasteiger partial charge in [0.2, 0.25) is 5.91 Å². The summed E-state index contributed by atoms with van der Waals surface area (Å²) >= 11 is 1.90. The Balaban J connectivity index is 0.00000324. The molecule has 1 rings (SSSR count). The van der Waals surface area contributed by atoms with Crippen molar-refractivity contribution in [1.29, 1.82) is 0 Å². The molecule has 19 heavy (non-hydrogen) atoms. The van der Waals surface area contributed by atoms with Gasteiger partial charge in [-0.25, -0.2) is 0 Å². The van der Waals surface area contributed by atoms with Crippen molar-refractivity contribution in [1.82, 2.24) is 4.90 Å². The number of nitrogens with zero attached hydrogens (tertiary/aromatic N) is 1. The van der Waals surface area contributed by atoms with Crippen LogP contribution in [0, 0.1) is 5.41 Å². The molecule has 1 amide bonds. The summed E-state index contributed by atoms with van der Waals surface area (Å²) in [5.41, 5.74) is 6.15. The third-order valence-corrected chi connectivity index (χ3v) is 4.84. The Morgan fingerprint density at radius 3 is 2.68 bits per heavy atom. The summed E-state index contributed by atoms with van der Waals surface area (Å²) in [7, 11) is 0. The first-order chi connectivity index (χ1) is 8.47. The summed E-state index contributed by atoms with van der Waals surface area (Å²) in [6.45, 7) is 8.17. The molecule has 1 heterocycles. The third-order valence-electron chi connectivity index (χ3n) is 3.77. The fourth-order valence-electron chi connectivity index (χ4n) is 2.25. The van der Waals surface area contributed by atoms with Gasteiger partial charge in [-0.1, -0.05) is 27.2 Å². The van der Waals surface area contributed by atoms with Crippen LogP contribution in [0.4, 0.5) is 0 Å². The largest absolute Gasteiger partial charge is 0.342 e. The molecule has 0 aromatic heterocycles. The topological polar surface area (TPSA) is 46.3 Å². The molecule has 0 aromatic carbocycles. The average Bonchev–Trinajstić information content (AvgIpc) is 2.32. The Morgan fingerprint density at radius 2 is 2.11 bits per heavy atom. The normalized spacial score (nSPS) is 21.9. The lowest BCUT2D eigenvalue weighted by molar-refractivity contribution is -0.134. The van der Waals surface area contributed by atoms with Crippen molar-refractivity contribution >= 4 is 30.1 Å². The second-order valence-electron chi connectivity index (χ2n) is 5.91. The maximum Gasteiger partial charge on any atom is 0.223 e. The van der Waals surface area contributed by atoms with E-state index in [1.807, 2.05) is 16.7 Å². The Morgan fingerprint density at radius 1 is 1.42 bits per heavy atom. The number of rotatable bonds is 6. The average molecular weight is 309 g/mol. The van der Waals surface area contributed by atoms with E-state index in [0.717, 1.165) is 25.3 Å². The minimum atomic E-state index is 0. The molecule has 0 spiro atoms. The number of amides is 1. The number of nitrogens with two attached hydrogens (primary N) is 1.